The van der Waals surface area contributed by atoms with Crippen LogP contribution in [0.1, 0.15) is 26.2 Å². The lowest BCUT2D eigenvalue weighted by atomic mass is 10.1. The summed E-state index contributed by atoms with van der Waals surface area (Å²) in [5.41, 5.74) is 0. The highest BCUT2D eigenvalue weighted by Gasteiger charge is 2.13. The molecule has 0 radical (unpaired) electrons. The Morgan fingerprint density at radius 2 is 1.86 bits per heavy atom. The summed E-state index contributed by atoms with van der Waals surface area (Å²) < 4.78 is 5.13. The molecule has 0 rings (SSSR count). The van der Waals surface area contributed by atoms with E-state index in [4.69, 9.17) is 4.74 Å². The molecular weight excluding hydrogens is 184 g/mol. The summed E-state index contributed by atoms with van der Waals surface area (Å²) in [6.07, 6.45) is 4.21. The highest BCUT2D eigenvalue weighted by Crippen LogP contribution is 2.11. The summed E-state index contributed by atoms with van der Waals surface area (Å²) in [5.74, 6) is 0. The van der Waals surface area contributed by atoms with Crippen molar-refractivity contribution in [3.8, 4) is 0 Å². The Kier molecular flexibility index (Phi) is 7.56. The van der Waals surface area contributed by atoms with Crippen LogP contribution >= 0.6 is 0 Å². The minimum Gasteiger partial charge on any atom is -0.381 e. The first-order valence-corrected chi connectivity index (χ1v) is 4.45. The van der Waals surface area contributed by atoms with E-state index < -0.39 is 6.17 Å². The number of nitrogens with zero attached hydrogens (tertiary/aromatic N) is 2. The molecule has 1 unspecified atom stereocenters. The maximum Gasteiger partial charge on any atom is 0.237 e. The van der Waals surface area contributed by atoms with Crippen molar-refractivity contribution in [2.24, 2.45) is 9.98 Å². The van der Waals surface area contributed by atoms with Crippen LogP contribution in [0.25, 0.3) is 0 Å². The zero-order valence-corrected chi connectivity index (χ0v) is 8.40. The molecule has 0 saturated carbocycles. The predicted octanol–water partition coefficient (Wildman–Crippen LogP) is 1.19. The summed E-state index contributed by atoms with van der Waals surface area (Å²) in [7, 11) is 1.58. The van der Waals surface area contributed by atoms with Gasteiger partial charge in [0.1, 0.15) is 0 Å². The van der Waals surface area contributed by atoms with Crippen LogP contribution < -0.4 is 0 Å². The van der Waals surface area contributed by atoms with Crippen LogP contribution in [0.2, 0.25) is 0 Å². The summed E-state index contributed by atoms with van der Waals surface area (Å²) in [6, 6.07) is 0. The maximum absolute atomic E-state index is 10.00. The molecule has 0 aliphatic rings. The fourth-order valence-electron chi connectivity index (χ4n) is 1.14. The third-order valence-electron chi connectivity index (χ3n) is 1.82. The van der Waals surface area contributed by atoms with Gasteiger partial charge in [0, 0.05) is 13.5 Å². The molecule has 0 aromatic heterocycles. The van der Waals surface area contributed by atoms with Gasteiger partial charge in [0.15, 0.2) is 6.17 Å². The average molecular weight is 198 g/mol. The van der Waals surface area contributed by atoms with Gasteiger partial charge >= 0.3 is 0 Å². The highest BCUT2D eigenvalue weighted by atomic mass is 16.5. The molecule has 5 nitrogen and oxygen atoms in total. The van der Waals surface area contributed by atoms with Gasteiger partial charge in [0.25, 0.3) is 0 Å². The molecule has 5 heteroatoms. The van der Waals surface area contributed by atoms with E-state index in [9.17, 15) is 9.59 Å². The molecular formula is C9H14N2O3. The van der Waals surface area contributed by atoms with Crippen LogP contribution in [-0.4, -0.2) is 31.5 Å². The van der Waals surface area contributed by atoms with Crippen LogP contribution in [0.15, 0.2) is 9.98 Å². The number of hydrogen-bond acceptors (Lipinski definition) is 5. The Balaban J connectivity index is 4.24. The molecule has 0 amide bonds. The molecule has 78 valence electrons. The Morgan fingerprint density at radius 1 is 1.29 bits per heavy atom. The van der Waals surface area contributed by atoms with Gasteiger partial charge in [-0.2, -0.15) is 9.98 Å². The first-order valence-electron chi connectivity index (χ1n) is 4.45. The van der Waals surface area contributed by atoms with E-state index in [2.05, 4.69) is 9.98 Å². The molecule has 0 aromatic carbocycles. The van der Waals surface area contributed by atoms with E-state index in [1.54, 1.807) is 7.11 Å². The first kappa shape index (κ1) is 12.7. The largest absolute Gasteiger partial charge is 0.381 e. The third-order valence-corrected chi connectivity index (χ3v) is 1.82. The zero-order chi connectivity index (χ0) is 10.8. The van der Waals surface area contributed by atoms with Crippen molar-refractivity contribution in [3.63, 3.8) is 0 Å². The van der Waals surface area contributed by atoms with Crippen LogP contribution in [-0.2, 0) is 14.3 Å². The zero-order valence-electron chi connectivity index (χ0n) is 8.40. The highest BCUT2D eigenvalue weighted by molar-refractivity contribution is 5.36. The van der Waals surface area contributed by atoms with Crippen LogP contribution in [0.5, 0.6) is 0 Å². The van der Waals surface area contributed by atoms with Gasteiger partial charge in [-0.15, -0.1) is 0 Å². The Bertz CT molecular complexity index is 224. The van der Waals surface area contributed by atoms with Gasteiger partial charge in [0.2, 0.25) is 12.2 Å². The number of ether oxygens (including phenoxy) is 1. The standard InChI is InChI=1S/C9H14N2O3/c1-3-4-8(14-2)5-9(10-6-12)11-7-13/h8-9H,3-5H2,1-2H3. The van der Waals surface area contributed by atoms with Crippen LogP contribution in [0.4, 0.5) is 0 Å². The van der Waals surface area contributed by atoms with Crippen molar-refractivity contribution < 1.29 is 14.3 Å². The van der Waals surface area contributed by atoms with Crippen LogP contribution in [0, 0.1) is 0 Å². The minimum absolute atomic E-state index is 0.0424. The van der Waals surface area contributed by atoms with E-state index in [1.165, 1.54) is 12.2 Å². The van der Waals surface area contributed by atoms with Crippen molar-refractivity contribution in [2.75, 3.05) is 7.11 Å². The van der Waals surface area contributed by atoms with E-state index in [1.807, 2.05) is 6.92 Å². The van der Waals surface area contributed by atoms with E-state index in [-0.39, 0.29) is 6.10 Å². The second-order valence-corrected chi connectivity index (χ2v) is 2.80. The minimum atomic E-state index is -0.707. The van der Waals surface area contributed by atoms with E-state index >= 15 is 0 Å². The van der Waals surface area contributed by atoms with Gasteiger partial charge < -0.3 is 4.74 Å². The molecule has 0 fully saturated rings. The first-order chi connectivity index (χ1) is 6.78. The lowest BCUT2D eigenvalue weighted by Crippen LogP contribution is -2.17. The molecule has 0 aliphatic carbocycles. The number of carbonyl (C=O) groups excluding carboxylic acids is 2. The van der Waals surface area contributed by atoms with Gasteiger partial charge in [-0.3, -0.25) is 0 Å². The van der Waals surface area contributed by atoms with Crippen molar-refractivity contribution in [1.82, 2.24) is 0 Å². The molecule has 0 saturated heterocycles. The fourth-order valence-corrected chi connectivity index (χ4v) is 1.14. The smallest absolute Gasteiger partial charge is 0.237 e. The number of isocyanates is 2. The molecule has 0 spiro atoms. The summed E-state index contributed by atoms with van der Waals surface area (Å²) >= 11 is 0. The molecule has 0 aromatic rings. The second kappa shape index (κ2) is 8.32. The molecule has 1 atom stereocenters. The number of methoxy groups -OCH3 is 1. The number of rotatable bonds is 7. The number of hydrogen-bond donors (Lipinski definition) is 0. The average Bonchev–Trinajstić information content (AvgIpc) is 2.18. The molecule has 14 heavy (non-hydrogen) atoms. The SMILES string of the molecule is CCCC(CC(N=C=O)N=C=O)OC. The summed E-state index contributed by atoms with van der Waals surface area (Å²) in [5, 5.41) is 0. The molecule has 0 aliphatic heterocycles. The molecule has 0 N–H and O–H groups in total. The lowest BCUT2D eigenvalue weighted by Gasteiger charge is -2.14. The van der Waals surface area contributed by atoms with Crippen LogP contribution in [0.3, 0.4) is 0 Å². The quantitative estimate of drug-likeness (QED) is 0.455. The van der Waals surface area contributed by atoms with Gasteiger partial charge in [-0.1, -0.05) is 13.3 Å². The van der Waals surface area contributed by atoms with E-state index in [0.29, 0.717) is 6.42 Å². The number of aliphatic imine (C=N–C) groups is 2. The monoisotopic (exact) mass is 198 g/mol. The Morgan fingerprint density at radius 3 is 2.21 bits per heavy atom. The second-order valence-electron chi connectivity index (χ2n) is 2.80. The van der Waals surface area contributed by atoms with Crippen molar-refractivity contribution in [1.29, 1.82) is 0 Å². The molecule has 0 bridgehead atoms. The normalized spacial score (nSPS) is 13.6. The fraction of sp³-hybridized carbons (Fsp3) is 0.778. The topological polar surface area (TPSA) is 68.1 Å². The van der Waals surface area contributed by atoms with Crippen molar-refractivity contribution in [3.05, 3.63) is 0 Å². The summed E-state index contributed by atoms with van der Waals surface area (Å²) in [4.78, 5) is 26.7. The van der Waals surface area contributed by atoms with Crippen molar-refractivity contribution in [2.45, 2.75) is 38.5 Å². The van der Waals surface area contributed by atoms with Gasteiger partial charge in [0.05, 0.1) is 6.10 Å². The van der Waals surface area contributed by atoms with Gasteiger partial charge in [-0.25, -0.2) is 9.59 Å². The van der Waals surface area contributed by atoms with Crippen molar-refractivity contribution >= 4 is 12.2 Å². The predicted molar refractivity (Wildman–Crippen MR) is 50.4 cm³/mol. The summed E-state index contributed by atoms with van der Waals surface area (Å²) in [6.45, 7) is 2.02. The Labute approximate surface area is 82.9 Å². The van der Waals surface area contributed by atoms with E-state index in [0.717, 1.165) is 12.8 Å². The lowest BCUT2D eigenvalue weighted by molar-refractivity contribution is 0.0823. The maximum atomic E-state index is 10.00. The Hall–Kier alpha value is -1.28. The molecule has 0 heterocycles. The van der Waals surface area contributed by atoms with Gasteiger partial charge in [-0.05, 0) is 6.42 Å². The third kappa shape index (κ3) is 5.38.